The maximum Gasteiger partial charge on any atom is 0.433 e. The molecule has 38 heavy (non-hydrogen) atoms. The maximum atomic E-state index is 14.5. The van der Waals surface area contributed by atoms with Crippen molar-refractivity contribution in [2.24, 2.45) is 5.92 Å². The lowest BCUT2D eigenvalue weighted by Gasteiger charge is -2.32. The Morgan fingerprint density at radius 3 is 2.11 bits per heavy atom. The van der Waals surface area contributed by atoms with Crippen LogP contribution in [0.15, 0.2) is 88.7 Å². The summed E-state index contributed by atoms with van der Waals surface area (Å²) >= 11 is 0. The molecule has 1 unspecified atom stereocenters. The fraction of sp³-hybridized carbons (Fsp3) is 0.259. The van der Waals surface area contributed by atoms with Gasteiger partial charge in [-0.15, -0.1) is 0 Å². The van der Waals surface area contributed by atoms with E-state index in [1.165, 1.54) is 60.7 Å². The average molecular weight is 564 g/mol. The predicted octanol–water partition coefficient (Wildman–Crippen LogP) is 4.50. The first-order valence-corrected chi connectivity index (χ1v) is 14.9. The zero-order valence-electron chi connectivity index (χ0n) is 20.2. The van der Waals surface area contributed by atoms with Gasteiger partial charge in [0.05, 0.1) is 15.5 Å². The molecular formula is C27H24F3NO5S2. The number of alkyl halides is 3. The van der Waals surface area contributed by atoms with Crippen LogP contribution in [0.3, 0.4) is 0 Å². The average Bonchev–Trinajstić information content (AvgIpc) is 3.70. The van der Waals surface area contributed by atoms with Crippen LogP contribution in [0.5, 0.6) is 0 Å². The van der Waals surface area contributed by atoms with E-state index in [9.17, 15) is 35.1 Å². The van der Waals surface area contributed by atoms with Crippen molar-refractivity contribution >= 4 is 25.5 Å². The fourth-order valence-corrected chi connectivity index (χ4v) is 6.08. The van der Waals surface area contributed by atoms with Crippen LogP contribution in [0.25, 0.3) is 0 Å². The Hall–Kier alpha value is -3.33. The van der Waals surface area contributed by atoms with E-state index in [4.69, 9.17) is 0 Å². The van der Waals surface area contributed by atoms with Gasteiger partial charge in [0.2, 0.25) is 0 Å². The van der Waals surface area contributed by atoms with E-state index < -0.39 is 37.2 Å². The summed E-state index contributed by atoms with van der Waals surface area (Å²) in [6.45, 7) is -0.0635. The molecule has 1 fully saturated rings. The van der Waals surface area contributed by atoms with Gasteiger partial charge in [0.1, 0.15) is 0 Å². The van der Waals surface area contributed by atoms with Gasteiger partial charge < -0.3 is 5.11 Å². The number of nitrogens with zero attached hydrogens (tertiary/aromatic N) is 1. The van der Waals surface area contributed by atoms with Gasteiger partial charge in [-0.05, 0) is 61.1 Å². The Kier molecular flexibility index (Phi) is 7.36. The van der Waals surface area contributed by atoms with Crippen molar-refractivity contribution in [2.75, 3.05) is 17.1 Å². The maximum absolute atomic E-state index is 14.5. The summed E-state index contributed by atoms with van der Waals surface area (Å²) in [5, 5.41) is 11.1. The summed E-state index contributed by atoms with van der Waals surface area (Å²) in [7, 11) is -7.94. The number of benzene rings is 3. The number of sulfone groups is 1. The second-order valence-electron chi connectivity index (χ2n) is 9.07. The Morgan fingerprint density at radius 2 is 1.50 bits per heavy atom. The van der Waals surface area contributed by atoms with Crippen molar-refractivity contribution < 1.29 is 35.1 Å². The molecule has 0 spiro atoms. The number of hydrogen-bond acceptors (Lipinski definition) is 5. The van der Waals surface area contributed by atoms with Crippen LogP contribution >= 0.6 is 0 Å². The molecule has 1 N–H and O–H groups in total. The molecule has 3 aromatic carbocycles. The van der Waals surface area contributed by atoms with Crippen LogP contribution in [0.1, 0.15) is 24.0 Å². The first-order valence-electron chi connectivity index (χ1n) is 11.5. The van der Waals surface area contributed by atoms with Crippen molar-refractivity contribution in [3.63, 3.8) is 0 Å². The standard InChI is InChI=1S/C27H24F3NO5S2/c1-37(33,34)23-11-7-8-20(18-23)16-17-26(32,27(28,29)30)24-12-5-6-13-25(24)31(19-21-14-15-21)38(35,36)22-9-3-2-4-10-22/h2-13,18,21,32H,14-15,19H2,1H3. The van der Waals surface area contributed by atoms with Gasteiger partial charge in [0.25, 0.3) is 15.6 Å². The van der Waals surface area contributed by atoms with E-state index in [1.807, 2.05) is 5.92 Å². The van der Waals surface area contributed by atoms with E-state index in [-0.39, 0.29) is 33.5 Å². The van der Waals surface area contributed by atoms with E-state index in [0.717, 1.165) is 35.5 Å². The SMILES string of the molecule is CS(=O)(=O)c1cccc(C#CC(O)(c2ccccc2N(CC2CC2)S(=O)(=O)c2ccccc2)C(F)(F)F)c1. The van der Waals surface area contributed by atoms with Gasteiger partial charge in [0.15, 0.2) is 9.84 Å². The van der Waals surface area contributed by atoms with Crippen LogP contribution in [0.4, 0.5) is 18.9 Å². The number of sulfonamides is 1. The predicted molar refractivity (Wildman–Crippen MR) is 137 cm³/mol. The van der Waals surface area contributed by atoms with Crippen LogP contribution in [0, 0.1) is 17.8 Å². The molecule has 1 aliphatic rings. The quantitative estimate of drug-likeness (QED) is 0.428. The summed E-state index contributed by atoms with van der Waals surface area (Å²) < 4.78 is 95.3. The van der Waals surface area contributed by atoms with E-state index in [1.54, 1.807) is 6.07 Å². The summed E-state index contributed by atoms with van der Waals surface area (Å²) in [4.78, 5) is -0.250. The van der Waals surface area contributed by atoms with E-state index >= 15 is 0 Å². The Labute approximate surface area is 219 Å². The molecule has 0 aromatic heterocycles. The van der Waals surface area contributed by atoms with Crippen LogP contribution in [-0.2, 0) is 25.5 Å². The third-order valence-electron chi connectivity index (χ3n) is 6.07. The van der Waals surface area contributed by atoms with Gasteiger partial charge in [-0.3, -0.25) is 4.31 Å². The minimum atomic E-state index is -5.33. The molecule has 0 amide bonds. The topological polar surface area (TPSA) is 91.8 Å². The highest BCUT2D eigenvalue weighted by atomic mass is 32.2. The number of anilines is 1. The smallest absolute Gasteiger partial charge is 0.366 e. The molecule has 4 rings (SSSR count). The minimum Gasteiger partial charge on any atom is -0.366 e. The first kappa shape index (κ1) is 27.7. The van der Waals surface area contributed by atoms with E-state index in [2.05, 4.69) is 5.92 Å². The highest BCUT2D eigenvalue weighted by molar-refractivity contribution is 7.92. The number of halogens is 3. The van der Waals surface area contributed by atoms with Crippen molar-refractivity contribution in [3.05, 3.63) is 90.0 Å². The van der Waals surface area contributed by atoms with Crippen molar-refractivity contribution in [1.29, 1.82) is 0 Å². The molecule has 1 aliphatic carbocycles. The van der Waals surface area contributed by atoms with Gasteiger partial charge >= 0.3 is 6.18 Å². The third kappa shape index (κ3) is 5.72. The fourth-order valence-electron chi connectivity index (χ4n) is 3.84. The minimum absolute atomic E-state index is 0.0367. The van der Waals surface area contributed by atoms with Gasteiger partial charge in [-0.2, -0.15) is 13.2 Å². The lowest BCUT2D eigenvalue weighted by Crippen LogP contribution is -2.43. The summed E-state index contributed by atoms with van der Waals surface area (Å²) in [5.74, 6) is 4.07. The zero-order valence-corrected chi connectivity index (χ0v) is 21.8. The molecule has 0 aliphatic heterocycles. The van der Waals surface area contributed by atoms with Gasteiger partial charge in [-0.1, -0.05) is 48.4 Å². The zero-order chi connectivity index (χ0) is 27.8. The second-order valence-corrected chi connectivity index (χ2v) is 12.9. The summed E-state index contributed by atoms with van der Waals surface area (Å²) in [6.07, 6.45) is -2.93. The lowest BCUT2D eigenvalue weighted by atomic mass is 9.91. The molecule has 0 bridgehead atoms. The Bertz CT molecular complexity index is 1610. The molecule has 200 valence electrons. The van der Waals surface area contributed by atoms with Crippen molar-refractivity contribution in [3.8, 4) is 11.8 Å². The Balaban J connectivity index is 1.89. The third-order valence-corrected chi connectivity index (χ3v) is 8.98. The second kappa shape index (κ2) is 10.1. The first-order chi connectivity index (χ1) is 17.7. The largest absolute Gasteiger partial charge is 0.433 e. The molecule has 1 saturated carbocycles. The molecule has 11 heteroatoms. The van der Waals surface area contributed by atoms with E-state index in [0.29, 0.717) is 0 Å². The Morgan fingerprint density at radius 1 is 0.895 bits per heavy atom. The summed E-state index contributed by atoms with van der Waals surface area (Å²) in [6, 6.07) is 17.2. The molecular weight excluding hydrogens is 539 g/mol. The number of para-hydroxylation sites is 1. The van der Waals surface area contributed by atoms with Crippen molar-refractivity contribution in [1.82, 2.24) is 0 Å². The molecule has 3 aromatic rings. The van der Waals surface area contributed by atoms with Crippen molar-refractivity contribution in [2.45, 2.75) is 34.4 Å². The van der Waals surface area contributed by atoms with Crippen LogP contribution < -0.4 is 4.31 Å². The molecule has 0 heterocycles. The highest BCUT2D eigenvalue weighted by Crippen LogP contribution is 2.44. The van der Waals surface area contributed by atoms with Gasteiger partial charge in [-0.25, -0.2) is 16.8 Å². The number of hydrogen-bond donors (Lipinski definition) is 1. The highest BCUT2D eigenvalue weighted by Gasteiger charge is 2.56. The monoisotopic (exact) mass is 563 g/mol. The number of aliphatic hydroxyl groups is 1. The lowest BCUT2D eigenvalue weighted by molar-refractivity contribution is -0.240. The van der Waals surface area contributed by atoms with Gasteiger partial charge in [0, 0.05) is 23.9 Å². The summed E-state index contributed by atoms with van der Waals surface area (Å²) in [5.41, 5.74) is -4.93. The number of rotatable bonds is 7. The van der Waals surface area contributed by atoms with Crippen LogP contribution in [-0.4, -0.2) is 40.9 Å². The molecule has 0 radical (unpaired) electrons. The molecule has 0 saturated heterocycles. The molecule has 1 atom stereocenters. The van der Waals surface area contributed by atoms with Crippen LogP contribution in [0.2, 0.25) is 0 Å². The normalized spacial score (nSPS) is 15.7. The molecule has 6 nitrogen and oxygen atoms in total.